The molecule has 0 fully saturated rings. The quantitative estimate of drug-likeness (QED) is 0.842. The van der Waals surface area contributed by atoms with Gasteiger partial charge < -0.3 is 10.3 Å². The van der Waals surface area contributed by atoms with E-state index in [1.165, 1.54) is 0 Å². The van der Waals surface area contributed by atoms with Crippen molar-refractivity contribution < 1.29 is 4.79 Å². The molecule has 0 aliphatic rings. The SMILES string of the molecule is N#CCCn1ccc2cccc(C(N)=O)c21. The maximum absolute atomic E-state index is 11.3. The summed E-state index contributed by atoms with van der Waals surface area (Å²) in [5.74, 6) is -0.442. The van der Waals surface area contributed by atoms with E-state index < -0.39 is 5.91 Å². The molecule has 0 saturated carbocycles. The van der Waals surface area contributed by atoms with Crippen LogP contribution in [0.5, 0.6) is 0 Å². The Hall–Kier alpha value is -2.28. The van der Waals surface area contributed by atoms with Crippen LogP contribution in [0.4, 0.5) is 0 Å². The number of amides is 1. The van der Waals surface area contributed by atoms with Crippen molar-refractivity contribution in [3.63, 3.8) is 0 Å². The molecule has 0 spiro atoms. The maximum atomic E-state index is 11.3. The smallest absolute Gasteiger partial charge is 0.250 e. The molecule has 1 heterocycles. The summed E-state index contributed by atoms with van der Waals surface area (Å²) in [4.78, 5) is 11.3. The first-order valence-corrected chi connectivity index (χ1v) is 4.98. The molecular formula is C12H11N3O. The Bertz CT molecular complexity index is 577. The summed E-state index contributed by atoms with van der Waals surface area (Å²) in [7, 11) is 0. The fourth-order valence-corrected chi connectivity index (χ4v) is 1.82. The van der Waals surface area contributed by atoms with E-state index in [0.29, 0.717) is 18.5 Å². The largest absolute Gasteiger partial charge is 0.366 e. The molecule has 0 saturated heterocycles. The van der Waals surface area contributed by atoms with Crippen molar-refractivity contribution >= 4 is 16.8 Å². The molecule has 0 unspecified atom stereocenters. The minimum absolute atomic E-state index is 0.414. The highest BCUT2D eigenvalue weighted by atomic mass is 16.1. The molecule has 16 heavy (non-hydrogen) atoms. The molecule has 2 N–H and O–H groups in total. The van der Waals surface area contributed by atoms with Gasteiger partial charge in [-0.25, -0.2) is 0 Å². The molecule has 80 valence electrons. The van der Waals surface area contributed by atoms with Gasteiger partial charge in [0.15, 0.2) is 0 Å². The van der Waals surface area contributed by atoms with Gasteiger partial charge in [-0.1, -0.05) is 12.1 Å². The number of rotatable bonds is 3. The van der Waals surface area contributed by atoms with E-state index >= 15 is 0 Å². The van der Waals surface area contributed by atoms with Crippen LogP contribution < -0.4 is 5.73 Å². The third-order valence-electron chi connectivity index (χ3n) is 2.52. The third kappa shape index (κ3) is 1.63. The number of hydrogen-bond donors (Lipinski definition) is 1. The summed E-state index contributed by atoms with van der Waals surface area (Å²) in [6, 6.07) is 9.42. The van der Waals surface area contributed by atoms with E-state index in [9.17, 15) is 4.79 Å². The number of benzene rings is 1. The van der Waals surface area contributed by atoms with E-state index in [1.54, 1.807) is 12.1 Å². The summed E-state index contributed by atoms with van der Waals surface area (Å²) in [5, 5.41) is 9.53. The van der Waals surface area contributed by atoms with Crippen LogP contribution in [0, 0.1) is 11.3 Å². The van der Waals surface area contributed by atoms with E-state index in [0.717, 1.165) is 10.9 Å². The zero-order valence-electron chi connectivity index (χ0n) is 8.68. The number of fused-ring (bicyclic) bond motifs is 1. The minimum atomic E-state index is -0.442. The average Bonchev–Trinajstić information content (AvgIpc) is 2.69. The zero-order chi connectivity index (χ0) is 11.5. The Labute approximate surface area is 92.9 Å². The van der Waals surface area contributed by atoms with Crippen LogP contribution in [0.15, 0.2) is 30.5 Å². The summed E-state index contributed by atoms with van der Waals surface area (Å²) in [5.41, 5.74) is 6.63. The zero-order valence-corrected chi connectivity index (χ0v) is 8.68. The Balaban J connectivity index is 2.59. The molecule has 4 nitrogen and oxygen atoms in total. The van der Waals surface area contributed by atoms with Crippen LogP contribution in [0.3, 0.4) is 0 Å². The van der Waals surface area contributed by atoms with Crippen molar-refractivity contribution in [1.82, 2.24) is 4.57 Å². The van der Waals surface area contributed by atoms with Crippen molar-refractivity contribution in [2.75, 3.05) is 0 Å². The highest BCUT2D eigenvalue weighted by molar-refractivity contribution is 6.05. The van der Waals surface area contributed by atoms with Gasteiger partial charge in [-0.15, -0.1) is 0 Å². The number of nitrogens with zero attached hydrogens (tertiary/aromatic N) is 2. The highest BCUT2D eigenvalue weighted by Crippen LogP contribution is 2.20. The molecule has 1 amide bonds. The maximum Gasteiger partial charge on any atom is 0.250 e. The number of nitriles is 1. The van der Waals surface area contributed by atoms with Crippen molar-refractivity contribution in [3.05, 3.63) is 36.0 Å². The van der Waals surface area contributed by atoms with Crippen LogP contribution in [0.2, 0.25) is 0 Å². The van der Waals surface area contributed by atoms with Gasteiger partial charge in [0.2, 0.25) is 0 Å². The topological polar surface area (TPSA) is 71.8 Å². The van der Waals surface area contributed by atoms with Crippen LogP contribution >= 0.6 is 0 Å². The molecule has 0 radical (unpaired) electrons. The van der Waals surface area contributed by atoms with Crippen molar-refractivity contribution in [2.45, 2.75) is 13.0 Å². The second-order valence-electron chi connectivity index (χ2n) is 3.52. The predicted octanol–water partition coefficient (Wildman–Crippen LogP) is 1.65. The Morgan fingerprint density at radius 3 is 2.94 bits per heavy atom. The molecule has 0 aliphatic heterocycles. The van der Waals surface area contributed by atoms with Gasteiger partial charge in [-0.3, -0.25) is 4.79 Å². The van der Waals surface area contributed by atoms with Gasteiger partial charge in [0, 0.05) is 18.1 Å². The lowest BCUT2D eigenvalue weighted by molar-refractivity contribution is 0.100. The molecule has 0 aliphatic carbocycles. The second kappa shape index (κ2) is 4.07. The number of aromatic nitrogens is 1. The molecule has 0 atom stereocenters. The van der Waals surface area contributed by atoms with Gasteiger partial charge >= 0.3 is 0 Å². The van der Waals surface area contributed by atoms with E-state index in [1.807, 2.05) is 22.9 Å². The van der Waals surface area contributed by atoms with Crippen molar-refractivity contribution in [3.8, 4) is 6.07 Å². The lowest BCUT2D eigenvalue weighted by Gasteiger charge is -2.05. The van der Waals surface area contributed by atoms with E-state index in [4.69, 9.17) is 11.0 Å². The summed E-state index contributed by atoms with van der Waals surface area (Å²) in [6.07, 6.45) is 2.28. The molecule has 1 aromatic carbocycles. The Kier molecular flexibility index (Phi) is 2.61. The number of nitrogens with two attached hydrogens (primary N) is 1. The second-order valence-corrected chi connectivity index (χ2v) is 3.52. The van der Waals surface area contributed by atoms with Gasteiger partial charge in [0.05, 0.1) is 23.6 Å². The number of carbonyl (C=O) groups is 1. The third-order valence-corrected chi connectivity index (χ3v) is 2.52. The molecule has 2 aromatic rings. The lowest BCUT2D eigenvalue weighted by atomic mass is 10.1. The summed E-state index contributed by atoms with van der Waals surface area (Å²) in [6.45, 7) is 0.574. The average molecular weight is 213 g/mol. The van der Waals surface area contributed by atoms with Crippen LogP contribution in [0.25, 0.3) is 10.9 Å². The van der Waals surface area contributed by atoms with Crippen molar-refractivity contribution in [1.29, 1.82) is 5.26 Å². The summed E-state index contributed by atoms with van der Waals surface area (Å²) < 4.78 is 1.89. The minimum Gasteiger partial charge on any atom is -0.366 e. The van der Waals surface area contributed by atoms with Crippen molar-refractivity contribution in [2.24, 2.45) is 5.73 Å². The number of hydrogen-bond acceptors (Lipinski definition) is 2. The first-order chi connectivity index (χ1) is 7.74. The molecule has 4 heteroatoms. The lowest BCUT2D eigenvalue weighted by Crippen LogP contribution is -2.13. The molecular weight excluding hydrogens is 202 g/mol. The molecule has 2 rings (SSSR count). The summed E-state index contributed by atoms with van der Waals surface area (Å²) >= 11 is 0. The predicted molar refractivity (Wildman–Crippen MR) is 60.7 cm³/mol. The van der Waals surface area contributed by atoms with Gasteiger partial charge in [-0.05, 0) is 12.1 Å². The van der Waals surface area contributed by atoms with Crippen LogP contribution in [-0.2, 0) is 6.54 Å². The Morgan fingerprint density at radius 2 is 2.25 bits per heavy atom. The van der Waals surface area contributed by atoms with E-state index in [2.05, 4.69) is 6.07 Å². The Morgan fingerprint density at radius 1 is 1.44 bits per heavy atom. The van der Waals surface area contributed by atoms with E-state index in [-0.39, 0.29) is 0 Å². The highest BCUT2D eigenvalue weighted by Gasteiger charge is 2.09. The first kappa shape index (κ1) is 10.2. The number of primary amides is 1. The monoisotopic (exact) mass is 213 g/mol. The first-order valence-electron chi connectivity index (χ1n) is 4.98. The number of aryl methyl sites for hydroxylation is 1. The standard InChI is InChI=1S/C12H11N3O/c13-6-2-7-15-8-5-9-3-1-4-10(11(9)15)12(14)16/h1,3-5,8H,2,7H2,(H2,14,16). The molecule has 0 bridgehead atoms. The van der Waals surface area contributed by atoms with Crippen LogP contribution in [0.1, 0.15) is 16.8 Å². The fourth-order valence-electron chi connectivity index (χ4n) is 1.82. The van der Waals surface area contributed by atoms with Gasteiger partial charge in [0.25, 0.3) is 5.91 Å². The van der Waals surface area contributed by atoms with Gasteiger partial charge in [-0.2, -0.15) is 5.26 Å². The number of carbonyl (C=O) groups excluding carboxylic acids is 1. The van der Waals surface area contributed by atoms with Crippen LogP contribution in [-0.4, -0.2) is 10.5 Å². The normalized spacial score (nSPS) is 10.2. The number of para-hydroxylation sites is 1. The van der Waals surface area contributed by atoms with Gasteiger partial charge in [0.1, 0.15) is 0 Å². The fraction of sp³-hybridized carbons (Fsp3) is 0.167. The molecule has 1 aromatic heterocycles.